The van der Waals surface area contributed by atoms with Crippen LogP contribution in [0.5, 0.6) is 0 Å². The Kier molecular flexibility index (Phi) is 9.28. The number of nitrogens with zero attached hydrogens (tertiary/aromatic N) is 1. The topological polar surface area (TPSA) is 127 Å². The average molecular weight is 377 g/mol. The maximum atomic E-state index is 12.6. The molecule has 0 saturated heterocycles. The van der Waals surface area contributed by atoms with Crippen molar-refractivity contribution in [1.29, 1.82) is 0 Å². The minimum atomic E-state index is -0.907. The number of carbonyl (C=O) groups excluding carboxylic acids is 3. The van der Waals surface area contributed by atoms with Gasteiger partial charge in [0.2, 0.25) is 11.8 Å². The molecule has 0 saturated carbocycles. The Morgan fingerprint density at radius 2 is 1.74 bits per heavy atom. The summed E-state index contributed by atoms with van der Waals surface area (Å²) in [4.78, 5) is 37.3. The van der Waals surface area contributed by atoms with Crippen LogP contribution in [0, 0.1) is 5.92 Å². The van der Waals surface area contributed by atoms with Crippen molar-refractivity contribution in [2.45, 2.75) is 64.3 Å². The highest BCUT2D eigenvalue weighted by Crippen LogP contribution is 2.15. The number of aliphatic hydroxyl groups excluding tert-OH is 1. The fourth-order valence-corrected chi connectivity index (χ4v) is 2.80. The van der Waals surface area contributed by atoms with Gasteiger partial charge in [0.25, 0.3) is 0 Å². The molecule has 5 N–H and O–H groups in total. The number of aldehydes is 1. The molecular formula is C20H31N3O4. The standard InChI is InChI=1S/C20H31N3O4/c1-13(2)17(12-24)23(20(27)14(3)21)19(26)10-9-18(25)16(22)11-15-7-5-4-6-8-15/h4-8,12-14,16-18,25H,9-11,21-22H2,1-3H3/t14-,16?,17+,18?/m0/s1. The minimum Gasteiger partial charge on any atom is -0.391 e. The lowest BCUT2D eigenvalue weighted by atomic mass is 9.98. The van der Waals surface area contributed by atoms with Gasteiger partial charge in [-0.25, -0.2) is 0 Å². The first-order chi connectivity index (χ1) is 12.7. The van der Waals surface area contributed by atoms with Gasteiger partial charge in [0, 0.05) is 12.5 Å². The molecular weight excluding hydrogens is 346 g/mol. The number of hydrogen-bond donors (Lipinski definition) is 3. The normalized spacial score (nSPS) is 15.7. The van der Waals surface area contributed by atoms with Crippen molar-refractivity contribution in [2.24, 2.45) is 17.4 Å². The van der Waals surface area contributed by atoms with Gasteiger partial charge in [-0.1, -0.05) is 44.2 Å². The Hall–Kier alpha value is -2.09. The Bertz CT molecular complexity index is 619. The van der Waals surface area contributed by atoms with E-state index in [9.17, 15) is 19.5 Å². The number of benzene rings is 1. The zero-order chi connectivity index (χ0) is 20.6. The zero-order valence-electron chi connectivity index (χ0n) is 16.2. The number of nitrogens with two attached hydrogens (primary N) is 2. The molecule has 1 rings (SSSR count). The fraction of sp³-hybridized carbons (Fsp3) is 0.550. The molecule has 0 aromatic heterocycles. The molecule has 27 heavy (non-hydrogen) atoms. The van der Waals surface area contributed by atoms with E-state index < -0.39 is 36.0 Å². The summed E-state index contributed by atoms with van der Waals surface area (Å²) in [7, 11) is 0. The smallest absolute Gasteiger partial charge is 0.246 e. The Morgan fingerprint density at radius 1 is 1.15 bits per heavy atom. The molecule has 0 fully saturated rings. The molecule has 1 aromatic carbocycles. The van der Waals surface area contributed by atoms with Crippen molar-refractivity contribution in [3.05, 3.63) is 35.9 Å². The largest absolute Gasteiger partial charge is 0.391 e. The molecule has 7 heteroatoms. The lowest BCUT2D eigenvalue weighted by Gasteiger charge is -2.30. The monoisotopic (exact) mass is 377 g/mol. The Morgan fingerprint density at radius 3 is 2.22 bits per heavy atom. The number of imide groups is 1. The van der Waals surface area contributed by atoms with Crippen molar-refractivity contribution in [3.8, 4) is 0 Å². The van der Waals surface area contributed by atoms with Crippen LogP contribution in [0.3, 0.4) is 0 Å². The van der Waals surface area contributed by atoms with Crippen molar-refractivity contribution in [3.63, 3.8) is 0 Å². The molecule has 2 amide bonds. The third-order valence-corrected chi connectivity index (χ3v) is 4.48. The lowest BCUT2D eigenvalue weighted by molar-refractivity contribution is -0.151. The van der Waals surface area contributed by atoms with Gasteiger partial charge in [-0.15, -0.1) is 0 Å². The van der Waals surface area contributed by atoms with E-state index in [1.165, 1.54) is 6.92 Å². The second-order valence-corrected chi connectivity index (χ2v) is 7.22. The van der Waals surface area contributed by atoms with E-state index >= 15 is 0 Å². The van der Waals surface area contributed by atoms with E-state index in [1.807, 2.05) is 30.3 Å². The summed E-state index contributed by atoms with van der Waals surface area (Å²) in [5, 5.41) is 10.3. The van der Waals surface area contributed by atoms with Crippen molar-refractivity contribution in [1.82, 2.24) is 4.90 Å². The van der Waals surface area contributed by atoms with Gasteiger partial charge in [0.1, 0.15) is 6.29 Å². The highest BCUT2D eigenvalue weighted by molar-refractivity contribution is 6.00. The fourth-order valence-electron chi connectivity index (χ4n) is 2.80. The molecule has 0 radical (unpaired) electrons. The quantitative estimate of drug-likeness (QED) is 0.513. The highest BCUT2D eigenvalue weighted by Gasteiger charge is 2.33. The molecule has 1 aromatic rings. The van der Waals surface area contributed by atoms with Crippen LogP contribution in [0.2, 0.25) is 0 Å². The molecule has 0 heterocycles. The molecule has 7 nitrogen and oxygen atoms in total. The maximum Gasteiger partial charge on any atom is 0.246 e. The first kappa shape index (κ1) is 23.0. The van der Waals surface area contributed by atoms with E-state index in [1.54, 1.807) is 13.8 Å². The first-order valence-electron chi connectivity index (χ1n) is 9.23. The van der Waals surface area contributed by atoms with Gasteiger partial charge >= 0.3 is 0 Å². The second-order valence-electron chi connectivity index (χ2n) is 7.22. The van der Waals surface area contributed by atoms with Crippen LogP contribution in [0.25, 0.3) is 0 Å². The second kappa shape index (κ2) is 10.9. The van der Waals surface area contributed by atoms with E-state index in [4.69, 9.17) is 11.5 Å². The third-order valence-electron chi connectivity index (χ3n) is 4.48. The summed E-state index contributed by atoms with van der Waals surface area (Å²) in [5.41, 5.74) is 12.7. The van der Waals surface area contributed by atoms with E-state index in [0.717, 1.165) is 10.5 Å². The number of hydrogen-bond acceptors (Lipinski definition) is 6. The number of carbonyl (C=O) groups is 3. The summed E-state index contributed by atoms with van der Waals surface area (Å²) in [6.07, 6.45) is 0.149. The van der Waals surface area contributed by atoms with Crippen LogP contribution in [0.4, 0.5) is 0 Å². The predicted molar refractivity (Wildman–Crippen MR) is 104 cm³/mol. The molecule has 150 valence electrons. The minimum absolute atomic E-state index is 0.0965. The third kappa shape index (κ3) is 6.86. The predicted octanol–water partition coefficient (Wildman–Crippen LogP) is 0.623. The highest BCUT2D eigenvalue weighted by atomic mass is 16.3. The maximum absolute atomic E-state index is 12.6. The average Bonchev–Trinajstić information content (AvgIpc) is 2.63. The summed E-state index contributed by atoms with van der Waals surface area (Å²) < 4.78 is 0. The van der Waals surface area contributed by atoms with Crippen LogP contribution in [0.1, 0.15) is 39.2 Å². The van der Waals surface area contributed by atoms with Gasteiger partial charge in [0.05, 0.1) is 18.2 Å². The van der Waals surface area contributed by atoms with Gasteiger partial charge < -0.3 is 21.4 Å². The Labute approximate surface area is 160 Å². The van der Waals surface area contributed by atoms with Crippen LogP contribution in [0.15, 0.2) is 30.3 Å². The van der Waals surface area contributed by atoms with E-state index in [2.05, 4.69) is 0 Å². The van der Waals surface area contributed by atoms with Crippen molar-refractivity contribution >= 4 is 18.1 Å². The number of rotatable bonds is 10. The van der Waals surface area contributed by atoms with Gasteiger partial charge in [-0.05, 0) is 31.2 Å². The molecule has 0 aliphatic carbocycles. The number of amides is 2. The molecule has 0 spiro atoms. The summed E-state index contributed by atoms with van der Waals surface area (Å²) in [6.45, 7) is 4.96. The molecule has 4 atom stereocenters. The zero-order valence-corrected chi connectivity index (χ0v) is 16.2. The van der Waals surface area contributed by atoms with Crippen LogP contribution in [-0.4, -0.2) is 52.3 Å². The van der Waals surface area contributed by atoms with E-state index in [-0.39, 0.29) is 18.8 Å². The van der Waals surface area contributed by atoms with Gasteiger partial charge in [0.15, 0.2) is 0 Å². The SMILES string of the molecule is CC(C)[C@@H](C=O)N(C(=O)CCC(O)C(N)Cc1ccccc1)C(=O)[C@H](C)N. The summed E-state index contributed by atoms with van der Waals surface area (Å²) >= 11 is 0. The Balaban J connectivity index is 2.74. The van der Waals surface area contributed by atoms with Crippen molar-refractivity contribution in [2.75, 3.05) is 0 Å². The lowest BCUT2D eigenvalue weighted by Crippen LogP contribution is -2.53. The van der Waals surface area contributed by atoms with Crippen LogP contribution < -0.4 is 11.5 Å². The molecule has 2 unspecified atom stereocenters. The summed E-state index contributed by atoms with van der Waals surface area (Å²) in [5.74, 6) is -1.37. The molecule has 0 aliphatic rings. The first-order valence-corrected chi connectivity index (χ1v) is 9.23. The summed E-state index contributed by atoms with van der Waals surface area (Å²) in [6, 6.07) is 7.18. The van der Waals surface area contributed by atoms with E-state index in [0.29, 0.717) is 12.7 Å². The van der Waals surface area contributed by atoms with Crippen molar-refractivity contribution < 1.29 is 19.5 Å². The van der Waals surface area contributed by atoms with Crippen LogP contribution >= 0.6 is 0 Å². The number of aliphatic hydroxyl groups is 1. The molecule has 0 aliphatic heterocycles. The molecule has 0 bridgehead atoms. The van der Waals surface area contributed by atoms with Gasteiger partial charge in [-0.3, -0.25) is 14.5 Å². The van der Waals surface area contributed by atoms with Crippen LogP contribution in [-0.2, 0) is 20.8 Å². The van der Waals surface area contributed by atoms with Gasteiger partial charge in [-0.2, -0.15) is 0 Å².